The molecule has 32 heavy (non-hydrogen) atoms. The molecule has 1 aliphatic carbocycles. The Morgan fingerprint density at radius 1 is 1.25 bits per heavy atom. The quantitative estimate of drug-likeness (QED) is 0.512. The van der Waals surface area contributed by atoms with Crippen LogP contribution in [0.4, 0.5) is 17.1 Å². The summed E-state index contributed by atoms with van der Waals surface area (Å²) in [6.45, 7) is 3.24. The molecule has 7 heteroatoms. The SMILES string of the molecule is CNc1cc(NC2C=C(OC)C=C(OC)C2)ccc1/N=C\C(C)CCC1=CN(C)N(C)C1. The lowest BCUT2D eigenvalue weighted by molar-refractivity contribution is 0.116. The summed E-state index contributed by atoms with van der Waals surface area (Å²) in [6, 6.07) is 6.32. The van der Waals surface area contributed by atoms with Crippen molar-refractivity contribution in [2.75, 3.05) is 52.5 Å². The minimum Gasteiger partial charge on any atom is -0.501 e. The maximum absolute atomic E-state index is 5.43. The molecule has 0 aromatic heterocycles. The maximum atomic E-state index is 5.43. The topological polar surface area (TPSA) is 61.4 Å². The highest BCUT2D eigenvalue weighted by molar-refractivity contribution is 5.76. The molecule has 0 fully saturated rings. The lowest BCUT2D eigenvalue weighted by Crippen LogP contribution is -2.27. The van der Waals surface area contributed by atoms with Gasteiger partial charge in [0, 0.05) is 58.3 Å². The van der Waals surface area contributed by atoms with Gasteiger partial charge >= 0.3 is 0 Å². The lowest BCUT2D eigenvalue weighted by atomic mass is 10.0. The van der Waals surface area contributed by atoms with E-state index in [0.29, 0.717) is 5.92 Å². The van der Waals surface area contributed by atoms with Crippen molar-refractivity contribution >= 4 is 23.3 Å². The minimum atomic E-state index is 0.104. The molecular formula is C25H37N5O2. The number of hydrogen-bond donors (Lipinski definition) is 2. The summed E-state index contributed by atoms with van der Waals surface area (Å²) in [5, 5.41) is 11.2. The van der Waals surface area contributed by atoms with Crippen molar-refractivity contribution in [3.8, 4) is 0 Å². The zero-order valence-corrected chi connectivity index (χ0v) is 20.2. The van der Waals surface area contributed by atoms with E-state index >= 15 is 0 Å². The number of hydrazine groups is 1. The van der Waals surface area contributed by atoms with Crippen LogP contribution in [0.25, 0.3) is 0 Å². The van der Waals surface area contributed by atoms with Crippen molar-refractivity contribution < 1.29 is 9.47 Å². The van der Waals surface area contributed by atoms with Gasteiger partial charge in [0.05, 0.1) is 31.6 Å². The number of nitrogens with one attached hydrogen (secondary N) is 2. The van der Waals surface area contributed by atoms with Crippen molar-refractivity contribution in [2.24, 2.45) is 10.9 Å². The van der Waals surface area contributed by atoms with Gasteiger partial charge in [-0.15, -0.1) is 0 Å². The van der Waals surface area contributed by atoms with E-state index in [1.54, 1.807) is 14.2 Å². The molecular weight excluding hydrogens is 402 g/mol. The van der Waals surface area contributed by atoms with Crippen LogP contribution in [-0.4, -0.2) is 64.2 Å². The van der Waals surface area contributed by atoms with Crippen LogP contribution < -0.4 is 10.6 Å². The van der Waals surface area contributed by atoms with Gasteiger partial charge in [0.1, 0.15) is 11.5 Å². The van der Waals surface area contributed by atoms with Gasteiger partial charge < -0.3 is 25.1 Å². The number of aliphatic imine (C=N–C) groups is 1. The number of rotatable bonds is 10. The van der Waals surface area contributed by atoms with E-state index in [9.17, 15) is 0 Å². The Morgan fingerprint density at radius 2 is 2.06 bits per heavy atom. The van der Waals surface area contributed by atoms with Gasteiger partial charge in [-0.25, -0.2) is 5.01 Å². The van der Waals surface area contributed by atoms with Crippen LogP contribution in [0.5, 0.6) is 0 Å². The molecule has 174 valence electrons. The summed E-state index contributed by atoms with van der Waals surface area (Å²) in [6.07, 6.45) is 11.3. The van der Waals surface area contributed by atoms with Gasteiger partial charge in [0.2, 0.25) is 0 Å². The normalized spacial score (nSPS) is 20.0. The summed E-state index contributed by atoms with van der Waals surface area (Å²) in [5.74, 6) is 2.12. The van der Waals surface area contributed by atoms with Crippen LogP contribution in [0.15, 0.2) is 58.6 Å². The van der Waals surface area contributed by atoms with Crippen LogP contribution in [0.2, 0.25) is 0 Å². The Balaban J connectivity index is 1.59. The Morgan fingerprint density at radius 3 is 2.72 bits per heavy atom. The lowest BCUT2D eigenvalue weighted by Gasteiger charge is -2.23. The van der Waals surface area contributed by atoms with E-state index < -0.39 is 0 Å². The van der Waals surface area contributed by atoms with E-state index in [2.05, 4.69) is 78.4 Å². The van der Waals surface area contributed by atoms with E-state index in [4.69, 9.17) is 14.5 Å². The fourth-order valence-electron chi connectivity index (χ4n) is 3.90. The van der Waals surface area contributed by atoms with Gasteiger partial charge in [-0.2, -0.15) is 0 Å². The molecule has 1 heterocycles. The van der Waals surface area contributed by atoms with Crippen LogP contribution in [0.3, 0.4) is 0 Å². The molecule has 2 N–H and O–H groups in total. The summed E-state index contributed by atoms with van der Waals surface area (Å²) in [5.41, 5.74) is 4.44. The molecule has 7 nitrogen and oxygen atoms in total. The fraction of sp³-hybridized carbons (Fsp3) is 0.480. The second-order valence-electron chi connectivity index (χ2n) is 8.50. The molecule has 0 bridgehead atoms. The predicted octanol–water partition coefficient (Wildman–Crippen LogP) is 4.77. The van der Waals surface area contributed by atoms with Gasteiger partial charge in [-0.3, -0.25) is 4.99 Å². The number of nitrogens with zero attached hydrogens (tertiary/aromatic N) is 3. The number of benzene rings is 1. The van der Waals surface area contributed by atoms with Crippen molar-refractivity contribution in [1.29, 1.82) is 0 Å². The molecule has 0 amide bonds. The zero-order chi connectivity index (χ0) is 23.1. The van der Waals surface area contributed by atoms with E-state index in [0.717, 1.165) is 54.4 Å². The number of methoxy groups -OCH3 is 2. The number of allylic oxidation sites excluding steroid dienone is 1. The molecule has 1 aromatic rings. The number of likely N-dealkylation sites (N-methyl/N-ethyl adjacent to an activating group) is 1. The highest BCUT2D eigenvalue weighted by Crippen LogP contribution is 2.30. The molecule has 2 atom stereocenters. The number of ether oxygens (including phenoxy) is 2. The summed E-state index contributed by atoms with van der Waals surface area (Å²) >= 11 is 0. The van der Waals surface area contributed by atoms with Crippen LogP contribution in [0.1, 0.15) is 26.2 Å². The first-order chi connectivity index (χ1) is 15.4. The van der Waals surface area contributed by atoms with Crippen LogP contribution >= 0.6 is 0 Å². The molecule has 0 spiro atoms. The third-order valence-electron chi connectivity index (χ3n) is 5.93. The smallest absolute Gasteiger partial charge is 0.120 e. The van der Waals surface area contributed by atoms with E-state index in [1.807, 2.05) is 13.1 Å². The minimum absolute atomic E-state index is 0.104. The molecule has 2 aliphatic rings. The van der Waals surface area contributed by atoms with Gasteiger partial charge in [-0.05, 0) is 48.6 Å². The van der Waals surface area contributed by atoms with Crippen LogP contribution in [0, 0.1) is 5.92 Å². The summed E-state index contributed by atoms with van der Waals surface area (Å²) < 4.78 is 10.8. The Labute approximate surface area is 192 Å². The number of anilines is 2. The molecule has 0 saturated carbocycles. The van der Waals surface area contributed by atoms with Crippen molar-refractivity contribution in [3.05, 3.63) is 53.6 Å². The molecule has 1 aromatic carbocycles. The largest absolute Gasteiger partial charge is 0.501 e. The maximum Gasteiger partial charge on any atom is 0.120 e. The average molecular weight is 440 g/mol. The van der Waals surface area contributed by atoms with Crippen LogP contribution in [-0.2, 0) is 9.47 Å². The third-order valence-corrected chi connectivity index (χ3v) is 5.93. The summed E-state index contributed by atoms with van der Waals surface area (Å²) in [4.78, 5) is 4.77. The molecule has 3 rings (SSSR count). The molecule has 0 saturated heterocycles. The summed E-state index contributed by atoms with van der Waals surface area (Å²) in [7, 11) is 9.49. The second kappa shape index (κ2) is 11.1. The first-order valence-electron chi connectivity index (χ1n) is 11.2. The highest BCUT2D eigenvalue weighted by atomic mass is 16.5. The molecule has 1 aliphatic heterocycles. The molecule has 0 radical (unpaired) electrons. The molecule has 2 unspecified atom stereocenters. The Bertz CT molecular complexity index is 906. The number of hydrogen-bond acceptors (Lipinski definition) is 7. The fourth-order valence-corrected chi connectivity index (χ4v) is 3.90. The first-order valence-corrected chi connectivity index (χ1v) is 11.2. The van der Waals surface area contributed by atoms with E-state index in [1.165, 1.54) is 5.57 Å². The zero-order valence-electron chi connectivity index (χ0n) is 20.2. The first kappa shape index (κ1) is 23.7. The van der Waals surface area contributed by atoms with Gasteiger partial charge in [0.25, 0.3) is 0 Å². The Kier molecular flexibility index (Phi) is 8.22. The third kappa shape index (κ3) is 6.29. The van der Waals surface area contributed by atoms with E-state index in [-0.39, 0.29) is 6.04 Å². The predicted molar refractivity (Wildman–Crippen MR) is 133 cm³/mol. The van der Waals surface area contributed by atoms with Crippen molar-refractivity contribution in [1.82, 2.24) is 10.0 Å². The Hall–Kier alpha value is -2.93. The van der Waals surface area contributed by atoms with Crippen molar-refractivity contribution in [2.45, 2.75) is 32.2 Å². The average Bonchev–Trinajstić information content (AvgIpc) is 3.13. The second-order valence-corrected chi connectivity index (χ2v) is 8.50. The van der Waals surface area contributed by atoms with Crippen molar-refractivity contribution in [3.63, 3.8) is 0 Å². The monoisotopic (exact) mass is 439 g/mol. The highest BCUT2D eigenvalue weighted by Gasteiger charge is 2.17. The van der Waals surface area contributed by atoms with Gasteiger partial charge in [0.15, 0.2) is 0 Å². The van der Waals surface area contributed by atoms with Gasteiger partial charge in [-0.1, -0.05) is 6.92 Å². The standard InChI is InChI=1S/C25H37N5O2/c1-18(7-8-19-16-29(3)30(4)17-19)15-27-24-10-9-20(13-25(24)26-2)28-21-11-22(31-5)14-23(12-21)32-6/h9-11,13-16,18,21,26,28H,7-8,12,17H2,1-6H3/b27-15-.